The number of benzene rings is 3. The topological polar surface area (TPSA) is 66.6 Å². The number of nitrogens with one attached hydrogen (secondary N) is 1. The molecule has 2 N–H and O–H groups in total. The van der Waals surface area contributed by atoms with Gasteiger partial charge in [-0.15, -0.1) is 0 Å². The van der Waals surface area contributed by atoms with Crippen molar-refractivity contribution in [3.63, 3.8) is 0 Å². The third-order valence-corrected chi connectivity index (χ3v) is 5.60. The summed E-state index contributed by atoms with van der Waals surface area (Å²) in [6, 6.07) is 18.6. The van der Waals surface area contributed by atoms with Crippen molar-refractivity contribution in [3.05, 3.63) is 93.8 Å². The monoisotopic (exact) mass is 431 g/mol. The maximum absolute atomic E-state index is 12.6. The molecule has 0 fully saturated rings. The van der Waals surface area contributed by atoms with Gasteiger partial charge in [-0.3, -0.25) is 4.79 Å². The number of aryl methyl sites for hydroxylation is 2. The summed E-state index contributed by atoms with van der Waals surface area (Å²) >= 11 is 6.20. The maximum atomic E-state index is 12.6. The number of carbonyl (C=O) groups is 1. The van der Waals surface area contributed by atoms with E-state index in [1.54, 1.807) is 18.3 Å². The second kappa shape index (κ2) is 8.28. The number of phenolic OH excluding ortho intramolecular Hbond substituents is 1. The first-order valence-electron chi connectivity index (χ1n) is 9.86. The molecule has 0 saturated heterocycles. The number of amides is 1. The van der Waals surface area contributed by atoms with Crippen molar-refractivity contribution < 1.29 is 9.90 Å². The van der Waals surface area contributed by atoms with Crippen LogP contribution in [0.3, 0.4) is 0 Å². The zero-order valence-electron chi connectivity index (χ0n) is 17.5. The van der Waals surface area contributed by atoms with Gasteiger partial charge < -0.3 is 9.67 Å². The zero-order chi connectivity index (χ0) is 22.1. The van der Waals surface area contributed by atoms with Crippen molar-refractivity contribution >= 4 is 34.5 Å². The molecule has 0 atom stereocenters. The second-order valence-corrected chi connectivity index (χ2v) is 7.94. The standard InChI is InChI=1S/C25H22ClN3O2/c1-15-8-9-21(26)13-23(15)29-16(2)10-20(17(29)3)14-27-28-25(31)22-11-18-6-4-5-7-19(18)12-24(22)30/h4-14,30H,1-3H3,(H,28,31). The van der Waals surface area contributed by atoms with Crippen molar-refractivity contribution in [3.8, 4) is 11.4 Å². The van der Waals surface area contributed by atoms with Crippen molar-refractivity contribution in [2.24, 2.45) is 5.10 Å². The van der Waals surface area contributed by atoms with Gasteiger partial charge in [0.15, 0.2) is 0 Å². The Bertz CT molecular complexity index is 1340. The molecule has 0 aliphatic rings. The minimum absolute atomic E-state index is 0.0824. The van der Waals surface area contributed by atoms with E-state index in [0.717, 1.165) is 39.0 Å². The minimum Gasteiger partial charge on any atom is -0.507 e. The van der Waals surface area contributed by atoms with Crippen LogP contribution in [0.15, 0.2) is 65.8 Å². The van der Waals surface area contributed by atoms with Gasteiger partial charge in [0, 0.05) is 27.7 Å². The van der Waals surface area contributed by atoms with Gasteiger partial charge in [-0.25, -0.2) is 5.43 Å². The van der Waals surface area contributed by atoms with Gasteiger partial charge in [0.05, 0.1) is 11.8 Å². The number of aromatic nitrogens is 1. The molecule has 0 radical (unpaired) electrons. The highest BCUT2D eigenvalue weighted by atomic mass is 35.5. The number of nitrogens with zero attached hydrogens (tertiary/aromatic N) is 2. The number of hydrogen-bond donors (Lipinski definition) is 2. The van der Waals surface area contributed by atoms with Crippen molar-refractivity contribution in [1.29, 1.82) is 0 Å². The maximum Gasteiger partial charge on any atom is 0.275 e. The van der Waals surface area contributed by atoms with Gasteiger partial charge in [0.1, 0.15) is 5.75 Å². The number of halogens is 1. The van der Waals surface area contributed by atoms with Gasteiger partial charge in [-0.1, -0.05) is 41.9 Å². The molecule has 0 spiro atoms. The van der Waals surface area contributed by atoms with E-state index >= 15 is 0 Å². The fraction of sp³-hybridized carbons (Fsp3) is 0.120. The number of phenols is 1. The van der Waals surface area contributed by atoms with E-state index in [0.29, 0.717) is 5.02 Å². The molecule has 0 aliphatic heterocycles. The van der Waals surface area contributed by atoms with Gasteiger partial charge in [0.2, 0.25) is 0 Å². The lowest BCUT2D eigenvalue weighted by Crippen LogP contribution is -2.17. The van der Waals surface area contributed by atoms with Gasteiger partial charge >= 0.3 is 0 Å². The van der Waals surface area contributed by atoms with E-state index in [1.807, 2.05) is 69.3 Å². The quantitative estimate of drug-likeness (QED) is 0.322. The summed E-state index contributed by atoms with van der Waals surface area (Å²) < 4.78 is 2.11. The summed E-state index contributed by atoms with van der Waals surface area (Å²) in [5, 5.41) is 16.7. The van der Waals surface area contributed by atoms with Crippen LogP contribution in [0, 0.1) is 20.8 Å². The summed E-state index contributed by atoms with van der Waals surface area (Å²) in [5.41, 5.74) is 7.69. The van der Waals surface area contributed by atoms with Crippen LogP contribution in [0.5, 0.6) is 5.75 Å². The molecule has 0 bridgehead atoms. The molecule has 0 aliphatic carbocycles. The van der Waals surface area contributed by atoms with E-state index in [4.69, 9.17) is 11.6 Å². The number of hydrazone groups is 1. The van der Waals surface area contributed by atoms with Crippen LogP contribution in [-0.4, -0.2) is 21.8 Å². The Balaban J connectivity index is 1.58. The molecular formula is C25H22ClN3O2. The minimum atomic E-state index is -0.473. The lowest BCUT2D eigenvalue weighted by molar-refractivity contribution is 0.0952. The molecule has 4 aromatic rings. The number of fused-ring (bicyclic) bond motifs is 1. The Hall–Kier alpha value is -3.57. The SMILES string of the molecule is Cc1ccc(Cl)cc1-n1c(C)cc(C=NNC(=O)c2cc3ccccc3cc2O)c1C. The normalized spacial score (nSPS) is 11.4. The average Bonchev–Trinajstić information content (AvgIpc) is 3.02. The van der Waals surface area contributed by atoms with Crippen LogP contribution in [0.25, 0.3) is 16.5 Å². The number of hydrogen-bond acceptors (Lipinski definition) is 3. The molecule has 1 amide bonds. The molecule has 1 aromatic heterocycles. The predicted molar refractivity (Wildman–Crippen MR) is 126 cm³/mol. The predicted octanol–water partition coefficient (Wildman–Crippen LogP) is 5.68. The van der Waals surface area contributed by atoms with Crippen LogP contribution in [0.1, 0.15) is 32.9 Å². The van der Waals surface area contributed by atoms with E-state index in [-0.39, 0.29) is 11.3 Å². The second-order valence-electron chi connectivity index (χ2n) is 7.51. The van der Waals surface area contributed by atoms with E-state index < -0.39 is 5.91 Å². The third-order valence-electron chi connectivity index (χ3n) is 5.36. The fourth-order valence-corrected chi connectivity index (χ4v) is 3.91. The molecule has 31 heavy (non-hydrogen) atoms. The molecule has 3 aromatic carbocycles. The Labute approximate surface area is 185 Å². The van der Waals surface area contributed by atoms with E-state index in [2.05, 4.69) is 15.1 Å². The largest absolute Gasteiger partial charge is 0.507 e. The molecule has 5 nitrogen and oxygen atoms in total. The van der Waals surface area contributed by atoms with Crippen LogP contribution >= 0.6 is 11.6 Å². The van der Waals surface area contributed by atoms with Crippen molar-refractivity contribution in [2.75, 3.05) is 0 Å². The lowest BCUT2D eigenvalue weighted by atomic mass is 10.1. The highest BCUT2D eigenvalue weighted by molar-refractivity contribution is 6.30. The van der Waals surface area contributed by atoms with Crippen LogP contribution < -0.4 is 5.43 Å². The average molecular weight is 432 g/mol. The highest BCUT2D eigenvalue weighted by Crippen LogP contribution is 2.26. The molecular weight excluding hydrogens is 410 g/mol. The Morgan fingerprint density at radius 1 is 1.03 bits per heavy atom. The van der Waals surface area contributed by atoms with E-state index in [9.17, 15) is 9.90 Å². The van der Waals surface area contributed by atoms with Crippen LogP contribution in [0.4, 0.5) is 0 Å². The third kappa shape index (κ3) is 4.05. The Kier molecular flexibility index (Phi) is 5.53. The Morgan fingerprint density at radius 2 is 1.74 bits per heavy atom. The number of aromatic hydroxyl groups is 1. The Morgan fingerprint density at radius 3 is 2.48 bits per heavy atom. The summed E-state index contributed by atoms with van der Waals surface area (Å²) in [4.78, 5) is 12.6. The first-order valence-corrected chi connectivity index (χ1v) is 10.2. The number of rotatable bonds is 4. The van der Waals surface area contributed by atoms with Crippen molar-refractivity contribution in [1.82, 2.24) is 9.99 Å². The molecule has 156 valence electrons. The fourth-order valence-electron chi connectivity index (χ4n) is 3.74. The molecule has 6 heteroatoms. The number of carbonyl (C=O) groups excluding carboxylic acids is 1. The molecule has 4 rings (SSSR count). The van der Waals surface area contributed by atoms with Gasteiger partial charge in [-0.05, 0) is 67.4 Å². The summed E-state index contributed by atoms with van der Waals surface area (Å²) in [6.07, 6.45) is 1.61. The summed E-state index contributed by atoms with van der Waals surface area (Å²) in [5.74, 6) is -0.556. The van der Waals surface area contributed by atoms with Crippen LogP contribution in [-0.2, 0) is 0 Å². The van der Waals surface area contributed by atoms with Gasteiger partial charge in [-0.2, -0.15) is 5.10 Å². The van der Waals surface area contributed by atoms with E-state index in [1.165, 1.54) is 0 Å². The van der Waals surface area contributed by atoms with Crippen molar-refractivity contribution in [2.45, 2.75) is 20.8 Å². The molecule has 0 saturated carbocycles. The smallest absolute Gasteiger partial charge is 0.275 e. The molecule has 1 heterocycles. The van der Waals surface area contributed by atoms with Gasteiger partial charge in [0.25, 0.3) is 5.91 Å². The lowest BCUT2D eigenvalue weighted by Gasteiger charge is -2.13. The molecule has 0 unspecified atom stereocenters. The van der Waals surface area contributed by atoms with Crippen LogP contribution in [0.2, 0.25) is 5.02 Å². The zero-order valence-corrected chi connectivity index (χ0v) is 18.2. The first kappa shape index (κ1) is 20.7. The summed E-state index contributed by atoms with van der Waals surface area (Å²) in [6.45, 7) is 6.04. The first-order chi connectivity index (χ1) is 14.8. The summed E-state index contributed by atoms with van der Waals surface area (Å²) in [7, 11) is 0. The highest BCUT2D eigenvalue weighted by Gasteiger charge is 2.14.